The molecule has 1 atom stereocenters. The molecule has 0 spiro atoms. The number of amides is 1. The second kappa shape index (κ2) is 8.03. The fourth-order valence-corrected chi connectivity index (χ4v) is 3.86. The quantitative estimate of drug-likeness (QED) is 0.716. The molecular weight excluding hydrogens is 376 g/mol. The van der Waals surface area contributed by atoms with Crippen LogP contribution in [0.1, 0.15) is 27.3 Å². The first kappa shape index (κ1) is 20.3. The molecule has 2 heterocycles. The number of para-hydroxylation sites is 1. The summed E-state index contributed by atoms with van der Waals surface area (Å²) in [4.78, 5) is 26.4. The maximum atomic E-state index is 12.6. The van der Waals surface area contributed by atoms with E-state index in [1.54, 1.807) is 11.8 Å². The van der Waals surface area contributed by atoms with E-state index < -0.39 is 5.60 Å². The highest BCUT2D eigenvalue weighted by molar-refractivity contribution is 5.91. The number of piperazine rings is 1. The number of fused-ring (bicyclic) bond motifs is 1. The Labute approximate surface area is 178 Å². The first-order valence-electron chi connectivity index (χ1n) is 10.5. The molecule has 158 valence electrons. The zero-order valence-corrected chi connectivity index (χ0v) is 17.8. The lowest BCUT2D eigenvalue weighted by atomic mass is 10.0. The normalized spacial score (nSPS) is 16.5. The molecule has 1 aliphatic rings. The molecule has 1 unspecified atom stereocenters. The van der Waals surface area contributed by atoms with Crippen molar-refractivity contribution in [2.24, 2.45) is 0 Å². The molecule has 6 heteroatoms. The first-order chi connectivity index (χ1) is 14.4. The lowest BCUT2D eigenvalue weighted by molar-refractivity contribution is -0.150. The number of aliphatic hydroxyl groups is 1. The lowest BCUT2D eigenvalue weighted by Crippen LogP contribution is -2.55. The van der Waals surface area contributed by atoms with E-state index >= 15 is 0 Å². The van der Waals surface area contributed by atoms with E-state index in [2.05, 4.69) is 17.9 Å². The van der Waals surface area contributed by atoms with Gasteiger partial charge in [0, 0.05) is 38.6 Å². The third-order valence-corrected chi connectivity index (χ3v) is 5.98. The highest BCUT2D eigenvalue weighted by atomic mass is 16.3. The van der Waals surface area contributed by atoms with Gasteiger partial charge in [-0.2, -0.15) is 0 Å². The molecule has 0 radical (unpaired) electrons. The van der Waals surface area contributed by atoms with Crippen molar-refractivity contribution in [1.82, 2.24) is 14.9 Å². The van der Waals surface area contributed by atoms with Gasteiger partial charge in [0.1, 0.15) is 11.4 Å². The highest BCUT2D eigenvalue weighted by Gasteiger charge is 2.34. The van der Waals surface area contributed by atoms with Gasteiger partial charge in [0.25, 0.3) is 5.91 Å². The summed E-state index contributed by atoms with van der Waals surface area (Å²) in [6.45, 7) is 7.94. The van der Waals surface area contributed by atoms with Crippen molar-refractivity contribution in [2.75, 3.05) is 31.1 Å². The number of hydrogen-bond acceptors (Lipinski definition) is 5. The van der Waals surface area contributed by atoms with Crippen LogP contribution in [0.25, 0.3) is 22.3 Å². The Bertz CT molecular complexity index is 1080. The van der Waals surface area contributed by atoms with Crippen LogP contribution in [0.15, 0.2) is 48.5 Å². The van der Waals surface area contributed by atoms with Crippen molar-refractivity contribution in [3.05, 3.63) is 54.1 Å². The topological polar surface area (TPSA) is 69.6 Å². The highest BCUT2D eigenvalue weighted by Crippen LogP contribution is 2.29. The minimum Gasteiger partial charge on any atom is -0.380 e. The van der Waals surface area contributed by atoms with Crippen LogP contribution in [0.3, 0.4) is 0 Å². The van der Waals surface area contributed by atoms with Crippen LogP contribution in [0, 0.1) is 6.92 Å². The van der Waals surface area contributed by atoms with E-state index in [4.69, 9.17) is 9.97 Å². The zero-order valence-electron chi connectivity index (χ0n) is 17.8. The number of carbonyl (C=O) groups is 1. The monoisotopic (exact) mass is 406 g/mol. The van der Waals surface area contributed by atoms with E-state index in [0.29, 0.717) is 38.4 Å². The van der Waals surface area contributed by atoms with Crippen LogP contribution in [0.5, 0.6) is 0 Å². The second-order valence-corrected chi connectivity index (χ2v) is 8.11. The summed E-state index contributed by atoms with van der Waals surface area (Å²) in [5.74, 6) is 1.42. The predicted molar refractivity (Wildman–Crippen MR) is 122 cm³/mol. The van der Waals surface area contributed by atoms with Gasteiger partial charge < -0.3 is 14.9 Å². The standard InChI is InChI=1S/C24H28N4O2.H2/c1-4-24(3,30)23(29)28-15-13-27(14-16-28)22-19-11-7-8-12-20(19)25-21(26-22)18-10-6-5-9-17(18)2;/h5-12,30H,4,13-16H2,1-3H3;1H. The number of aromatic nitrogens is 2. The molecule has 30 heavy (non-hydrogen) atoms. The van der Waals surface area contributed by atoms with Crippen LogP contribution in [-0.2, 0) is 4.79 Å². The zero-order chi connectivity index (χ0) is 21.3. The smallest absolute Gasteiger partial charge is 0.254 e. The van der Waals surface area contributed by atoms with E-state index in [0.717, 1.165) is 27.8 Å². The average molecular weight is 407 g/mol. The van der Waals surface area contributed by atoms with E-state index in [1.807, 2.05) is 49.4 Å². The fourth-order valence-electron chi connectivity index (χ4n) is 3.86. The molecule has 1 N–H and O–H groups in total. The lowest BCUT2D eigenvalue weighted by Gasteiger charge is -2.38. The SMILES string of the molecule is CCC(C)(O)C(=O)N1CCN(c2nc(-c3ccccc3C)nc3ccccc23)CC1.[HH]. The number of aryl methyl sites for hydroxylation is 1. The molecule has 1 fully saturated rings. The van der Waals surface area contributed by atoms with Gasteiger partial charge in [-0.05, 0) is 38.0 Å². The molecule has 0 aliphatic carbocycles. The summed E-state index contributed by atoms with van der Waals surface area (Å²) < 4.78 is 0. The van der Waals surface area contributed by atoms with Crippen molar-refractivity contribution in [2.45, 2.75) is 32.8 Å². The maximum absolute atomic E-state index is 12.6. The minimum absolute atomic E-state index is 0. The number of anilines is 1. The van der Waals surface area contributed by atoms with Gasteiger partial charge in [0.15, 0.2) is 5.82 Å². The van der Waals surface area contributed by atoms with Crippen LogP contribution >= 0.6 is 0 Å². The molecular formula is C24H30N4O2. The molecule has 6 nitrogen and oxygen atoms in total. The van der Waals surface area contributed by atoms with Crippen molar-refractivity contribution >= 4 is 22.6 Å². The van der Waals surface area contributed by atoms with Gasteiger partial charge in [0.05, 0.1) is 5.52 Å². The number of carbonyl (C=O) groups excluding carboxylic acids is 1. The van der Waals surface area contributed by atoms with Crippen LogP contribution in [-0.4, -0.2) is 57.7 Å². The Morgan fingerprint density at radius 2 is 1.73 bits per heavy atom. The summed E-state index contributed by atoms with van der Waals surface area (Å²) in [6, 6.07) is 16.2. The molecule has 0 saturated carbocycles. The molecule has 1 aromatic heterocycles. The minimum atomic E-state index is -1.30. The third-order valence-electron chi connectivity index (χ3n) is 5.98. The van der Waals surface area contributed by atoms with Crippen molar-refractivity contribution < 1.29 is 11.3 Å². The molecule has 1 aliphatic heterocycles. The summed E-state index contributed by atoms with van der Waals surface area (Å²) in [7, 11) is 0. The van der Waals surface area contributed by atoms with Crippen molar-refractivity contribution in [3.8, 4) is 11.4 Å². The maximum Gasteiger partial charge on any atom is 0.254 e. The Balaban J connectivity index is 0.00000272. The van der Waals surface area contributed by atoms with Gasteiger partial charge >= 0.3 is 0 Å². The third kappa shape index (κ3) is 3.75. The van der Waals surface area contributed by atoms with Gasteiger partial charge in [-0.1, -0.05) is 43.3 Å². The number of nitrogens with zero attached hydrogens (tertiary/aromatic N) is 4. The van der Waals surface area contributed by atoms with Crippen LogP contribution in [0.2, 0.25) is 0 Å². The van der Waals surface area contributed by atoms with Gasteiger partial charge in [0.2, 0.25) is 0 Å². The summed E-state index contributed by atoms with van der Waals surface area (Å²) in [6.07, 6.45) is 0.405. The average Bonchev–Trinajstić information content (AvgIpc) is 2.78. The predicted octanol–water partition coefficient (Wildman–Crippen LogP) is 3.66. The largest absolute Gasteiger partial charge is 0.380 e. The fraction of sp³-hybridized carbons (Fsp3) is 0.375. The molecule has 4 rings (SSSR count). The van der Waals surface area contributed by atoms with Crippen LogP contribution < -0.4 is 4.90 Å². The van der Waals surface area contributed by atoms with Crippen molar-refractivity contribution in [1.29, 1.82) is 0 Å². The Morgan fingerprint density at radius 1 is 1.07 bits per heavy atom. The van der Waals surface area contributed by atoms with Crippen LogP contribution in [0.4, 0.5) is 5.82 Å². The Morgan fingerprint density at radius 3 is 2.43 bits per heavy atom. The van der Waals surface area contributed by atoms with Crippen molar-refractivity contribution in [3.63, 3.8) is 0 Å². The molecule has 0 bridgehead atoms. The first-order valence-corrected chi connectivity index (χ1v) is 10.5. The number of rotatable bonds is 4. The second-order valence-electron chi connectivity index (χ2n) is 8.11. The molecule has 2 aromatic carbocycles. The number of benzene rings is 2. The van der Waals surface area contributed by atoms with E-state index in [1.165, 1.54) is 0 Å². The van der Waals surface area contributed by atoms with E-state index in [9.17, 15) is 9.90 Å². The van der Waals surface area contributed by atoms with Gasteiger partial charge in [-0.25, -0.2) is 9.97 Å². The molecule has 3 aromatic rings. The molecule has 1 saturated heterocycles. The Kier molecular flexibility index (Phi) is 5.43. The van der Waals surface area contributed by atoms with E-state index in [-0.39, 0.29) is 7.33 Å². The summed E-state index contributed by atoms with van der Waals surface area (Å²) in [5, 5.41) is 11.3. The number of hydrogen-bond donors (Lipinski definition) is 1. The van der Waals surface area contributed by atoms with Gasteiger partial charge in [-0.15, -0.1) is 0 Å². The summed E-state index contributed by atoms with van der Waals surface area (Å²) in [5.41, 5.74) is 1.77. The molecule has 1 amide bonds. The summed E-state index contributed by atoms with van der Waals surface area (Å²) >= 11 is 0. The Hall–Kier alpha value is -2.99. The van der Waals surface area contributed by atoms with Gasteiger partial charge in [-0.3, -0.25) is 4.79 Å².